The second-order valence-corrected chi connectivity index (χ2v) is 5.56. The Morgan fingerprint density at radius 3 is 3.00 bits per heavy atom. The Hall–Kier alpha value is -1.95. The molecule has 3 aromatic rings. The molecule has 1 saturated heterocycles. The maximum absolute atomic E-state index is 4.74. The van der Waals surface area contributed by atoms with Crippen LogP contribution in [0.25, 0.3) is 16.7 Å². The van der Waals surface area contributed by atoms with Crippen LogP contribution in [0.4, 0.5) is 0 Å². The Bertz CT molecular complexity index is 778. The van der Waals surface area contributed by atoms with Crippen molar-refractivity contribution in [3.63, 3.8) is 0 Å². The lowest BCUT2D eigenvalue weighted by molar-refractivity contribution is 0.448. The molecule has 104 valence electrons. The highest BCUT2D eigenvalue weighted by atomic mass is 15.4. The predicted octanol–water partition coefficient (Wildman–Crippen LogP) is 1.39. The summed E-state index contributed by atoms with van der Waals surface area (Å²) in [4.78, 5) is 4.53. The van der Waals surface area contributed by atoms with E-state index < -0.39 is 0 Å². The van der Waals surface area contributed by atoms with E-state index in [0.717, 1.165) is 35.5 Å². The van der Waals surface area contributed by atoms with Crippen molar-refractivity contribution in [3.05, 3.63) is 23.7 Å². The molecule has 1 fully saturated rings. The average molecular weight is 270 g/mol. The Labute approximate surface area is 116 Å². The first-order chi connectivity index (χ1) is 9.75. The normalized spacial score (nSPS) is 20.0. The van der Waals surface area contributed by atoms with Crippen LogP contribution in [0, 0.1) is 6.92 Å². The Morgan fingerprint density at radius 1 is 1.30 bits per heavy atom. The molecular weight excluding hydrogens is 252 g/mol. The fraction of sp³-hybridized carbons (Fsp3) is 0.500. The van der Waals surface area contributed by atoms with E-state index in [-0.39, 0.29) is 0 Å². The van der Waals surface area contributed by atoms with Gasteiger partial charge in [0.1, 0.15) is 0 Å². The molecule has 0 aliphatic carbocycles. The molecule has 0 radical (unpaired) electrons. The van der Waals surface area contributed by atoms with E-state index >= 15 is 0 Å². The molecule has 1 aliphatic heterocycles. The van der Waals surface area contributed by atoms with Crippen LogP contribution < -0.4 is 5.32 Å². The highest BCUT2D eigenvalue weighted by molar-refractivity contribution is 5.92. The van der Waals surface area contributed by atoms with Gasteiger partial charge in [0.2, 0.25) is 0 Å². The van der Waals surface area contributed by atoms with Crippen LogP contribution in [-0.2, 0) is 7.05 Å². The Balaban J connectivity index is 1.98. The lowest BCUT2D eigenvalue weighted by Gasteiger charge is -2.23. The van der Waals surface area contributed by atoms with Crippen LogP contribution in [0.2, 0.25) is 0 Å². The van der Waals surface area contributed by atoms with Gasteiger partial charge in [-0.2, -0.15) is 5.10 Å². The smallest absolute Gasteiger partial charge is 0.182 e. The molecule has 1 aliphatic rings. The van der Waals surface area contributed by atoms with Crippen LogP contribution in [-0.4, -0.2) is 37.5 Å². The zero-order valence-electron chi connectivity index (χ0n) is 11.8. The summed E-state index contributed by atoms with van der Waals surface area (Å²) in [5.74, 6) is 0.511. The first kappa shape index (κ1) is 11.8. The minimum Gasteiger partial charge on any atom is -0.316 e. The number of hydrogen-bond donors (Lipinski definition) is 1. The second kappa shape index (κ2) is 4.28. The molecule has 1 N–H and O–H groups in total. The van der Waals surface area contributed by atoms with Crippen LogP contribution in [0.5, 0.6) is 0 Å². The van der Waals surface area contributed by atoms with Gasteiger partial charge in [-0.3, -0.25) is 0 Å². The Kier molecular flexibility index (Phi) is 2.53. The molecule has 4 heterocycles. The largest absolute Gasteiger partial charge is 0.316 e. The highest BCUT2D eigenvalue weighted by Gasteiger charge is 2.21. The topological polar surface area (TPSA) is 60.0 Å². The molecule has 0 amide bonds. The van der Waals surface area contributed by atoms with Gasteiger partial charge in [-0.25, -0.2) is 14.2 Å². The van der Waals surface area contributed by atoms with Gasteiger partial charge in [0.05, 0.1) is 16.8 Å². The zero-order chi connectivity index (χ0) is 13.7. The monoisotopic (exact) mass is 270 g/mol. The summed E-state index contributed by atoms with van der Waals surface area (Å²) in [6, 6.07) is 2.10. The third kappa shape index (κ3) is 1.57. The number of aryl methyl sites for hydroxylation is 2. The third-order valence-corrected chi connectivity index (χ3v) is 4.21. The number of nitrogens with zero attached hydrogens (tertiary/aromatic N) is 5. The number of hydrogen-bond acceptors (Lipinski definition) is 4. The van der Waals surface area contributed by atoms with Crippen molar-refractivity contribution in [1.82, 2.24) is 29.7 Å². The van der Waals surface area contributed by atoms with Crippen LogP contribution in [0.3, 0.4) is 0 Å². The van der Waals surface area contributed by atoms with Gasteiger partial charge < -0.3 is 5.32 Å². The molecule has 1 atom stereocenters. The second-order valence-electron chi connectivity index (χ2n) is 5.56. The number of aromatic nitrogens is 5. The van der Waals surface area contributed by atoms with Gasteiger partial charge in [-0.15, -0.1) is 5.10 Å². The first-order valence-electron chi connectivity index (χ1n) is 7.13. The number of rotatable bonds is 1. The number of nitrogens with one attached hydrogen (secondary N) is 1. The molecule has 20 heavy (non-hydrogen) atoms. The van der Waals surface area contributed by atoms with Crippen molar-refractivity contribution < 1.29 is 0 Å². The number of piperidine rings is 1. The molecule has 4 rings (SSSR count). The molecule has 0 spiro atoms. The van der Waals surface area contributed by atoms with E-state index in [0.29, 0.717) is 5.92 Å². The fourth-order valence-corrected chi connectivity index (χ4v) is 3.24. The highest BCUT2D eigenvalue weighted by Crippen LogP contribution is 2.27. The van der Waals surface area contributed by atoms with Crippen molar-refractivity contribution in [2.24, 2.45) is 7.05 Å². The molecular formula is C14H18N6. The molecule has 6 nitrogen and oxygen atoms in total. The first-order valence-corrected chi connectivity index (χ1v) is 7.13. The lowest BCUT2D eigenvalue weighted by atomic mass is 9.96. The van der Waals surface area contributed by atoms with Gasteiger partial charge in [0.25, 0.3) is 0 Å². The van der Waals surface area contributed by atoms with Gasteiger partial charge >= 0.3 is 0 Å². The van der Waals surface area contributed by atoms with Gasteiger partial charge in [-0.05, 0) is 32.4 Å². The maximum Gasteiger partial charge on any atom is 0.182 e. The standard InChI is InChI=1S/C14H18N6/c1-9-12-13-16-7-5-11(10-4-3-6-15-8-10)20(13)18-14(12)19(2)17-9/h5,7,10,15H,3-4,6,8H2,1-2H3. The third-order valence-electron chi connectivity index (χ3n) is 4.21. The molecule has 0 bridgehead atoms. The van der Waals surface area contributed by atoms with Crippen LogP contribution in [0.15, 0.2) is 12.3 Å². The summed E-state index contributed by atoms with van der Waals surface area (Å²) >= 11 is 0. The summed E-state index contributed by atoms with van der Waals surface area (Å²) in [5, 5.41) is 13.7. The molecule has 0 saturated carbocycles. The average Bonchev–Trinajstić information content (AvgIpc) is 2.99. The summed E-state index contributed by atoms with van der Waals surface area (Å²) in [6.07, 6.45) is 4.32. The summed E-state index contributed by atoms with van der Waals surface area (Å²) < 4.78 is 3.85. The summed E-state index contributed by atoms with van der Waals surface area (Å²) in [6.45, 7) is 4.15. The van der Waals surface area contributed by atoms with E-state index in [1.807, 2.05) is 29.4 Å². The quantitative estimate of drug-likeness (QED) is 0.726. The van der Waals surface area contributed by atoms with E-state index in [9.17, 15) is 0 Å². The summed E-state index contributed by atoms with van der Waals surface area (Å²) in [7, 11) is 1.93. The zero-order valence-corrected chi connectivity index (χ0v) is 11.8. The van der Waals surface area contributed by atoms with Crippen molar-refractivity contribution in [3.8, 4) is 0 Å². The molecule has 3 aromatic heterocycles. The van der Waals surface area contributed by atoms with E-state index in [1.54, 1.807) is 0 Å². The van der Waals surface area contributed by atoms with Gasteiger partial charge in [-0.1, -0.05) is 0 Å². The maximum atomic E-state index is 4.74. The fourth-order valence-electron chi connectivity index (χ4n) is 3.24. The van der Waals surface area contributed by atoms with Crippen LogP contribution in [0.1, 0.15) is 30.1 Å². The lowest BCUT2D eigenvalue weighted by Crippen LogP contribution is -2.29. The van der Waals surface area contributed by atoms with Gasteiger partial charge in [0.15, 0.2) is 11.3 Å². The Morgan fingerprint density at radius 2 is 2.20 bits per heavy atom. The van der Waals surface area contributed by atoms with Crippen molar-refractivity contribution in [2.75, 3.05) is 13.1 Å². The SMILES string of the molecule is Cc1nn(C)c2nn3c(C4CCCNC4)ccnc3c12. The predicted molar refractivity (Wildman–Crippen MR) is 76.8 cm³/mol. The molecule has 1 unspecified atom stereocenters. The molecule has 6 heteroatoms. The molecule has 0 aromatic carbocycles. The van der Waals surface area contributed by atoms with E-state index in [2.05, 4.69) is 21.5 Å². The van der Waals surface area contributed by atoms with E-state index in [4.69, 9.17) is 5.10 Å². The van der Waals surface area contributed by atoms with Crippen molar-refractivity contribution >= 4 is 16.7 Å². The van der Waals surface area contributed by atoms with Crippen molar-refractivity contribution in [2.45, 2.75) is 25.7 Å². The minimum absolute atomic E-state index is 0.511. The minimum atomic E-state index is 0.511. The van der Waals surface area contributed by atoms with Crippen molar-refractivity contribution in [1.29, 1.82) is 0 Å². The number of fused-ring (bicyclic) bond motifs is 3. The van der Waals surface area contributed by atoms with Gasteiger partial charge in [0, 0.05) is 25.7 Å². The summed E-state index contributed by atoms with van der Waals surface area (Å²) in [5.41, 5.74) is 4.07. The van der Waals surface area contributed by atoms with Crippen LogP contribution >= 0.6 is 0 Å². The van der Waals surface area contributed by atoms with E-state index in [1.165, 1.54) is 18.5 Å².